The third-order valence-electron chi connectivity index (χ3n) is 2.60. The summed E-state index contributed by atoms with van der Waals surface area (Å²) >= 11 is 3.43. The molecule has 0 saturated carbocycles. The number of ether oxygens (including phenoxy) is 2. The van der Waals surface area contributed by atoms with E-state index >= 15 is 0 Å². The minimum atomic E-state index is -0.347. The van der Waals surface area contributed by atoms with Crippen LogP contribution >= 0.6 is 15.9 Å². The predicted octanol–water partition coefficient (Wildman–Crippen LogP) is 2.74. The van der Waals surface area contributed by atoms with Crippen LogP contribution in [0.3, 0.4) is 0 Å². The minimum Gasteiger partial charge on any atom is -0.496 e. The molecular formula is C12H17BrO3. The van der Waals surface area contributed by atoms with Crippen molar-refractivity contribution in [1.29, 1.82) is 0 Å². The molecule has 0 aliphatic rings. The molecule has 16 heavy (non-hydrogen) atoms. The molecule has 0 heterocycles. The van der Waals surface area contributed by atoms with Crippen LogP contribution < -0.4 is 9.47 Å². The van der Waals surface area contributed by atoms with Crippen LogP contribution in [0.15, 0.2) is 16.6 Å². The van der Waals surface area contributed by atoms with E-state index in [9.17, 15) is 5.11 Å². The SMILES string of the molecule is COc1cc(OC)c(C(C)(C)CO)cc1Br. The summed E-state index contributed by atoms with van der Waals surface area (Å²) in [5.41, 5.74) is 0.602. The zero-order valence-electron chi connectivity index (χ0n) is 10.0. The Morgan fingerprint density at radius 2 is 1.75 bits per heavy atom. The number of aliphatic hydroxyl groups excluding tert-OH is 1. The van der Waals surface area contributed by atoms with E-state index in [-0.39, 0.29) is 12.0 Å². The van der Waals surface area contributed by atoms with Crippen molar-refractivity contribution in [2.45, 2.75) is 19.3 Å². The quantitative estimate of drug-likeness (QED) is 0.926. The van der Waals surface area contributed by atoms with Gasteiger partial charge in [-0.3, -0.25) is 0 Å². The predicted molar refractivity (Wildman–Crippen MR) is 67.4 cm³/mol. The first kappa shape index (κ1) is 13.3. The number of hydrogen-bond donors (Lipinski definition) is 1. The standard InChI is InChI=1S/C12H17BrO3/c1-12(2,7-14)8-5-9(13)11(16-4)6-10(8)15-3/h5-6,14H,7H2,1-4H3. The number of benzene rings is 1. The van der Waals surface area contributed by atoms with Crippen molar-refractivity contribution in [3.05, 3.63) is 22.2 Å². The van der Waals surface area contributed by atoms with Crippen molar-refractivity contribution >= 4 is 15.9 Å². The largest absolute Gasteiger partial charge is 0.496 e. The molecule has 0 unspecified atom stereocenters. The van der Waals surface area contributed by atoms with Crippen molar-refractivity contribution in [3.8, 4) is 11.5 Å². The van der Waals surface area contributed by atoms with Gasteiger partial charge in [0.15, 0.2) is 0 Å². The van der Waals surface area contributed by atoms with E-state index in [0.29, 0.717) is 5.75 Å². The summed E-state index contributed by atoms with van der Waals surface area (Å²) < 4.78 is 11.4. The van der Waals surface area contributed by atoms with E-state index < -0.39 is 0 Å². The van der Waals surface area contributed by atoms with Crippen LogP contribution in [0.5, 0.6) is 11.5 Å². The Balaban J connectivity index is 3.34. The van der Waals surface area contributed by atoms with Crippen LogP contribution in [0.2, 0.25) is 0 Å². The molecule has 90 valence electrons. The summed E-state index contributed by atoms with van der Waals surface area (Å²) in [7, 11) is 3.22. The normalized spacial score (nSPS) is 11.4. The summed E-state index contributed by atoms with van der Waals surface area (Å²) in [6.45, 7) is 3.98. The number of halogens is 1. The molecule has 0 spiro atoms. The lowest BCUT2D eigenvalue weighted by Crippen LogP contribution is -2.23. The molecule has 1 aromatic carbocycles. The highest BCUT2D eigenvalue weighted by Crippen LogP contribution is 2.38. The summed E-state index contributed by atoms with van der Waals surface area (Å²) in [6.07, 6.45) is 0. The van der Waals surface area contributed by atoms with Gasteiger partial charge in [0.05, 0.1) is 25.3 Å². The van der Waals surface area contributed by atoms with Gasteiger partial charge in [0.1, 0.15) is 11.5 Å². The molecule has 0 fully saturated rings. The van der Waals surface area contributed by atoms with Crippen LogP contribution in [-0.4, -0.2) is 25.9 Å². The molecule has 1 aromatic rings. The Morgan fingerprint density at radius 3 is 2.19 bits per heavy atom. The van der Waals surface area contributed by atoms with Crippen LogP contribution in [0.1, 0.15) is 19.4 Å². The third kappa shape index (κ3) is 2.50. The molecule has 0 aliphatic carbocycles. The van der Waals surface area contributed by atoms with Crippen molar-refractivity contribution in [1.82, 2.24) is 0 Å². The van der Waals surface area contributed by atoms with E-state index in [4.69, 9.17) is 9.47 Å². The van der Waals surface area contributed by atoms with Gasteiger partial charge in [-0.25, -0.2) is 0 Å². The monoisotopic (exact) mass is 288 g/mol. The fraction of sp³-hybridized carbons (Fsp3) is 0.500. The van der Waals surface area contributed by atoms with Crippen molar-refractivity contribution in [3.63, 3.8) is 0 Å². The average Bonchev–Trinajstić information content (AvgIpc) is 2.28. The number of aliphatic hydroxyl groups is 1. The molecule has 4 heteroatoms. The van der Waals surface area contributed by atoms with Gasteiger partial charge < -0.3 is 14.6 Å². The molecule has 0 saturated heterocycles. The Hall–Kier alpha value is -0.740. The summed E-state index contributed by atoms with van der Waals surface area (Å²) in [5, 5.41) is 9.38. The number of rotatable bonds is 4. The zero-order chi connectivity index (χ0) is 12.3. The highest BCUT2D eigenvalue weighted by molar-refractivity contribution is 9.10. The summed E-state index contributed by atoms with van der Waals surface area (Å²) in [6, 6.07) is 3.74. The second-order valence-corrected chi connectivity index (χ2v) is 5.08. The highest BCUT2D eigenvalue weighted by atomic mass is 79.9. The number of hydrogen-bond acceptors (Lipinski definition) is 3. The molecule has 3 nitrogen and oxygen atoms in total. The fourth-order valence-corrected chi connectivity index (χ4v) is 1.98. The maximum absolute atomic E-state index is 9.38. The smallest absolute Gasteiger partial charge is 0.136 e. The Morgan fingerprint density at radius 1 is 1.19 bits per heavy atom. The topological polar surface area (TPSA) is 38.7 Å². The van der Waals surface area contributed by atoms with E-state index in [1.54, 1.807) is 14.2 Å². The maximum atomic E-state index is 9.38. The van der Waals surface area contributed by atoms with Gasteiger partial charge >= 0.3 is 0 Å². The highest BCUT2D eigenvalue weighted by Gasteiger charge is 2.25. The summed E-state index contributed by atoms with van der Waals surface area (Å²) in [4.78, 5) is 0. The molecule has 0 aliphatic heterocycles. The van der Waals surface area contributed by atoms with Gasteiger partial charge in [-0.05, 0) is 22.0 Å². The van der Waals surface area contributed by atoms with E-state index in [1.165, 1.54) is 0 Å². The van der Waals surface area contributed by atoms with E-state index in [2.05, 4.69) is 15.9 Å². The summed E-state index contributed by atoms with van der Waals surface area (Å²) in [5.74, 6) is 1.44. The molecule has 0 amide bonds. The molecule has 0 bridgehead atoms. The van der Waals surface area contributed by atoms with E-state index in [1.807, 2.05) is 26.0 Å². The first-order valence-corrected chi connectivity index (χ1v) is 5.78. The van der Waals surface area contributed by atoms with Crippen LogP contribution in [0.25, 0.3) is 0 Å². The first-order valence-electron chi connectivity index (χ1n) is 4.99. The Kier molecular flexibility index (Phi) is 4.21. The van der Waals surface area contributed by atoms with Crippen LogP contribution in [0, 0.1) is 0 Å². The second kappa shape index (κ2) is 5.06. The molecular weight excluding hydrogens is 272 g/mol. The van der Waals surface area contributed by atoms with Crippen molar-refractivity contribution in [2.24, 2.45) is 0 Å². The third-order valence-corrected chi connectivity index (χ3v) is 3.22. The Labute approximate surface area is 105 Å². The molecule has 1 rings (SSSR count). The fourth-order valence-electron chi connectivity index (χ4n) is 1.47. The Bertz CT molecular complexity index is 375. The minimum absolute atomic E-state index is 0.0577. The first-order chi connectivity index (χ1) is 7.46. The van der Waals surface area contributed by atoms with Crippen molar-refractivity contribution in [2.75, 3.05) is 20.8 Å². The number of methoxy groups -OCH3 is 2. The van der Waals surface area contributed by atoms with Gasteiger partial charge in [-0.1, -0.05) is 13.8 Å². The molecule has 0 radical (unpaired) electrons. The molecule has 1 N–H and O–H groups in total. The lowest BCUT2D eigenvalue weighted by molar-refractivity contribution is 0.214. The van der Waals surface area contributed by atoms with Crippen LogP contribution in [0.4, 0.5) is 0 Å². The maximum Gasteiger partial charge on any atom is 0.136 e. The van der Waals surface area contributed by atoms with Gasteiger partial charge in [0.25, 0.3) is 0 Å². The average molecular weight is 289 g/mol. The van der Waals surface area contributed by atoms with Crippen molar-refractivity contribution < 1.29 is 14.6 Å². The molecule has 0 atom stereocenters. The van der Waals surface area contributed by atoms with Crippen LogP contribution in [-0.2, 0) is 5.41 Å². The van der Waals surface area contributed by atoms with E-state index in [0.717, 1.165) is 15.8 Å². The second-order valence-electron chi connectivity index (χ2n) is 4.23. The van der Waals surface area contributed by atoms with Gasteiger partial charge in [0, 0.05) is 17.0 Å². The molecule has 0 aromatic heterocycles. The van der Waals surface area contributed by atoms with Gasteiger partial charge in [0.2, 0.25) is 0 Å². The van der Waals surface area contributed by atoms with Gasteiger partial charge in [-0.2, -0.15) is 0 Å². The lowest BCUT2D eigenvalue weighted by Gasteiger charge is -2.25. The van der Waals surface area contributed by atoms with Gasteiger partial charge in [-0.15, -0.1) is 0 Å². The zero-order valence-corrected chi connectivity index (χ0v) is 11.6. The lowest BCUT2D eigenvalue weighted by atomic mass is 9.85.